The molecule has 0 aliphatic rings. The van der Waals surface area contributed by atoms with E-state index in [-0.39, 0.29) is 0 Å². The number of hydrogen-bond acceptors (Lipinski definition) is 2. The Bertz CT molecular complexity index is 98.5. The Morgan fingerprint density at radius 3 is 2.50 bits per heavy atom. The van der Waals surface area contributed by atoms with Crippen molar-refractivity contribution in [1.29, 1.82) is 0 Å². The van der Waals surface area contributed by atoms with Gasteiger partial charge in [0, 0.05) is 7.11 Å². The van der Waals surface area contributed by atoms with Crippen molar-refractivity contribution in [3.63, 3.8) is 0 Å². The zero-order chi connectivity index (χ0) is 9.40. The monoisotopic (exact) mass is 204 g/mol. The molecule has 0 amide bonds. The molecule has 0 N–H and O–H groups in total. The lowest BCUT2D eigenvalue weighted by molar-refractivity contribution is 0.219. The second kappa shape index (κ2) is 8.44. The molecule has 0 aliphatic heterocycles. The van der Waals surface area contributed by atoms with Crippen LogP contribution in [0.5, 0.6) is 0 Å². The lowest BCUT2D eigenvalue weighted by atomic mass is 10.3. The first kappa shape index (κ1) is 12.8. The van der Waals surface area contributed by atoms with E-state index in [4.69, 9.17) is 4.74 Å². The average Bonchev–Trinajstić information content (AvgIpc) is 2.02. The second-order valence-electron chi connectivity index (χ2n) is 3.52. The van der Waals surface area contributed by atoms with Gasteiger partial charge in [0.25, 0.3) is 0 Å². The van der Waals surface area contributed by atoms with E-state index in [2.05, 4.69) is 30.9 Å². The van der Waals surface area contributed by atoms with E-state index in [1.165, 1.54) is 16.3 Å². The van der Waals surface area contributed by atoms with E-state index in [1.54, 1.807) is 7.11 Å². The van der Waals surface area contributed by atoms with Gasteiger partial charge in [-0.15, -0.1) is 0 Å². The SMILES string of the molecule is C[CH2][Al]([CH2]C(C)C)[S]CCOC. The van der Waals surface area contributed by atoms with Crippen LogP contribution >= 0.6 is 10.1 Å². The van der Waals surface area contributed by atoms with Gasteiger partial charge in [-0.05, 0) is 5.75 Å². The third kappa shape index (κ3) is 7.49. The van der Waals surface area contributed by atoms with Crippen molar-refractivity contribution < 1.29 is 4.74 Å². The molecule has 72 valence electrons. The third-order valence-electron chi connectivity index (χ3n) is 1.83. The summed E-state index contributed by atoms with van der Waals surface area (Å²) in [5.74, 6) is 2.09. The maximum Gasteiger partial charge on any atom is 0.349 e. The fourth-order valence-electron chi connectivity index (χ4n) is 1.18. The fourth-order valence-corrected chi connectivity index (χ4v) is 7.09. The summed E-state index contributed by atoms with van der Waals surface area (Å²) >= 11 is -0.466. The lowest BCUT2D eigenvalue weighted by Gasteiger charge is -2.11. The number of ether oxygens (including phenoxy) is 1. The molecular weight excluding hydrogens is 183 g/mol. The Labute approximate surface area is 84.7 Å². The molecule has 1 nitrogen and oxygen atoms in total. The number of hydrogen-bond donors (Lipinski definition) is 0. The highest BCUT2D eigenvalue weighted by Gasteiger charge is 2.16. The molecular formula is C9H21AlOS. The summed E-state index contributed by atoms with van der Waals surface area (Å²) in [5, 5.41) is 2.90. The molecule has 0 unspecified atom stereocenters. The molecule has 3 heteroatoms. The third-order valence-corrected chi connectivity index (χ3v) is 8.78. The number of methoxy groups -OCH3 is 1. The van der Waals surface area contributed by atoms with Crippen LogP contribution in [0.15, 0.2) is 0 Å². The van der Waals surface area contributed by atoms with Crippen LogP contribution in [-0.4, -0.2) is 32.5 Å². The highest BCUT2D eigenvalue weighted by atomic mass is 32.3. The largest absolute Gasteiger partial charge is 0.384 e. The standard InChI is InChI=1S/C4H9.C3H8OS.C2H5.Al/c1-4(2)3;1-4-2-3-5;1-2;/h4H,1H2,2-3H3;5H,2-3H2,1H3;1H2,2H3;/q;;;+1/p-1. The smallest absolute Gasteiger partial charge is 0.349 e. The highest BCUT2D eigenvalue weighted by molar-refractivity contribution is 8.25. The van der Waals surface area contributed by atoms with Crippen LogP contribution in [0, 0.1) is 5.92 Å². The van der Waals surface area contributed by atoms with Gasteiger partial charge >= 0.3 is 13.0 Å². The van der Waals surface area contributed by atoms with Crippen molar-refractivity contribution in [1.82, 2.24) is 0 Å². The Balaban J connectivity index is 3.39. The van der Waals surface area contributed by atoms with Gasteiger partial charge in [0.1, 0.15) is 0 Å². The van der Waals surface area contributed by atoms with Gasteiger partial charge in [-0.3, -0.25) is 10.1 Å². The van der Waals surface area contributed by atoms with Crippen LogP contribution in [0.3, 0.4) is 0 Å². The van der Waals surface area contributed by atoms with Gasteiger partial charge in [0.2, 0.25) is 0 Å². The van der Waals surface area contributed by atoms with Crippen molar-refractivity contribution in [2.24, 2.45) is 5.92 Å². The van der Waals surface area contributed by atoms with Crippen molar-refractivity contribution >= 4 is 23.1 Å². The highest BCUT2D eigenvalue weighted by Crippen LogP contribution is 2.19. The van der Waals surface area contributed by atoms with Crippen LogP contribution in [0.1, 0.15) is 20.8 Å². The predicted octanol–water partition coefficient (Wildman–Crippen LogP) is 3.03. The van der Waals surface area contributed by atoms with Crippen LogP contribution in [-0.2, 0) is 4.74 Å². The molecule has 0 fully saturated rings. The molecule has 0 atom stereocenters. The Morgan fingerprint density at radius 2 is 2.08 bits per heavy atom. The molecule has 0 aliphatic carbocycles. The minimum absolute atomic E-state index is 0.466. The van der Waals surface area contributed by atoms with Gasteiger partial charge in [0.15, 0.2) is 0 Å². The zero-order valence-electron chi connectivity index (χ0n) is 8.80. The first-order chi connectivity index (χ1) is 5.70. The van der Waals surface area contributed by atoms with E-state index in [0.29, 0.717) is 0 Å². The zero-order valence-corrected chi connectivity index (χ0v) is 10.8. The Kier molecular flexibility index (Phi) is 9.03. The number of rotatable bonds is 7. The van der Waals surface area contributed by atoms with Crippen molar-refractivity contribution in [2.75, 3.05) is 19.5 Å². The van der Waals surface area contributed by atoms with E-state index >= 15 is 0 Å². The van der Waals surface area contributed by atoms with E-state index in [1.807, 2.05) is 0 Å². The van der Waals surface area contributed by atoms with Crippen LogP contribution < -0.4 is 0 Å². The van der Waals surface area contributed by atoms with Crippen LogP contribution in [0.25, 0.3) is 0 Å². The molecule has 0 spiro atoms. The Morgan fingerprint density at radius 1 is 1.42 bits per heavy atom. The molecule has 0 rings (SSSR count). The van der Waals surface area contributed by atoms with Gasteiger partial charge < -0.3 is 4.74 Å². The molecule has 0 bridgehead atoms. The van der Waals surface area contributed by atoms with Gasteiger partial charge in [-0.25, -0.2) is 0 Å². The second-order valence-corrected chi connectivity index (χ2v) is 9.80. The van der Waals surface area contributed by atoms with Gasteiger partial charge in [-0.2, -0.15) is 0 Å². The molecule has 0 aromatic heterocycles. The van der Waals surface area contributed by atoms with E-state index in [0.717, 1.165) is 12.5 Å². The molecule has 12 heavy (non-hydrogen) atoms. The molecule has 0 saturated heterocycles. The minimum Gasteiger partial charge on any atom is -0.384 e. The topological polar surface area (TPSA) is 9.23 Å². The molecule has 0 aromatic rings. The molecule has 0 heterocycles. The summed E-state index contributed by atoms with van der Waals surface area (Å²) in [5.41, 5.74) is 0. The van der Waals surface area contributed by atoms with Crippen molar-refractivity contribution in [3.8, 4) is 0 Å². The normalized spacial score (nSPS) is 10.8. The molecule has 0 aromatic carbocycles. The van der Waals surface area contributed by atoms with E-state index < -0.39 is 13.0 Å². The van der Waals surface area contributed by atoms with Crippen LogP contribution in [0.2, 0.25) is 10.6 Å². The maximum absolute atomic E-state index is 5.04. The maximum atomic E-state index is 5.04. The predicted molar refractivity (Wildman–Crippen MR) is 60.2 cm³/mol. The minimum atomic E-state index is -0.466. The van der Waals surface area contributed by atoms with Crippen LogP contribution in [0.4, 0.5) is 0 Å². The fraction of sp³-hybridized carbons (Fsp3) is 1.00. The summed E-state index contributed by atoms with van der Waals surface area (Å²) in [4.78, 5) is 0. The summed E-state index contributed by atoms with van der Waals surface area (Å²) in [7, 11) is 3.97. The lowest BCUT2D eigenvalue weighted by Crippen LogP contribution is -2.11. The van der Waals surface area contributed by atoms with Gasteiger partial charge in [0.05, 0.1) is 6.61 Å². The summed E-state index contributed by atoms with van der Waals surface area (Å²) in [6, 6.07) is 0. The van der Waals surface area contributed by atoms with Gasteiger partial charge in [-0.1, -0.05) is 37.3 Å². The Hall–Kier alpha value is 0.842. The summed E-state index contributed by atoms with van der Waals surface area (Å²) in [6.45, 7) is 7.91. The van der Waals surface area contributed by atoms with E-state index in [9.17, 15) is 0 Å². The summed E-state index contributed by atoms with van der Waals surface area (Å²) in [6.07, 6.45) is 0. The molecule has 0 radical (unpaired) electrons. The summed E-state index contributed by atoms with van der Waals surface area (Å²) < 4.78 is 5.04. The molecule has 0 saturated carbocycles. The average molecular weight is 204 g/mol. The van der Waals surface area contributed by atoms with Crippen molar-refractivity contribution in [3.05, 3.63) is 0 Å². The van der Waals surface area contributed by atoms with Crippen molar-refractivity contribution in [2.45, 2.75) is 31.3 Å². The first-order valence-electron chi connectivity index (χ1n) is 4.81. The first-order valence-corrected chi connectivity index (χ1v) is 8.90. The quantitative estimate of drug-likeness (QED) is 0.465.